The lowest BCUT2D eigenvalue weighted by Crippen LogP contribution is -2.22. The Hall–Kier alpha value is -2.41. The van der Waals surface area contributed by atoms with E-state index in [1.165, 1.54) is 4.90 Å². The first-order chi connectivity index (χ1) is 9.95. The summed E-state index contributed by atoms with van der Waals surface area (Å²) in [5, 5.41) is 5.29. The summed E-state index contributed by atoms with van der Waals surface area (Å²) in [4.78, 5) is 17.8. The summed E-state index contributed by atoms with van der Waals surface area (Å²) in [6, 6.07) is 5.47. The number of nitrogen functional groups attached to an aromatic ring is 1. The molecule has 0 aliphatic heterocycles. The van der Waals surface area contributed by atoms with Gasteiger partial charge in [0.15, 0.2) is 5.69 Å². The number of fused-ring (bicyclic) bond motifs is 1. The largest absolute Gasteiger partial charge is 0.397 e. The van der Waals surface area contributed by atoms with Gasteiger partial charge in [0.1, 0.15) is 0 Å². The molecular formula is C14H15N5OS. The fraction of sp³-hybridized carbons (Fsp3) is 0.214. The van der Waals surface area contributed by atoms with Crippen molar-refractivity contribution in [1.82, 2.24) is 19.7 Å². The number of hydrogen-bond donors (Lipinski definition) is 1. The van der Waals surface area contributed by atoms with Crippen molar-refractivity contribution in [2.75, 3.05) is 19.8 Å². The van der Waals surface area contributed by atoms with E-state index < -0.39 is 0 Å². The highest BCUT2D eigenvalue weighted by atomic mass is 32.1. The van der Waals surface area contributed by atoms with E-state index in [1.807, 2.05) is 19.1 Å². The van der Waals surface area contributed by atoms with Crippen molar-refractivity contribution >= 4 is 33.1 Å². The van der Waals surface area contributed by atoms with Gasteiger partial charge >= 0.3 is 0 Å². The molecule has 21 heavy (non-hydrogen) atoms. The lowest BCUT2D eigenvalue weighted by Gasteiger charge is -2.08. The average Bonchev–Trinajstić information content (AvgIpc) is 3.02. The second-order valence-corrected chi connectivity index (χ2v) is 6.19. The molecule has 2 N–H and O–H groups in total. The Kier molecular flexibility index (Phi) is 3.13. The van der Waals surface area contributed by atoms with Gasteiger partial charge in [-0.05, 0) is 25.1 Å². The summed E-state index contributed by atoms with van der Waals surface area (Å²) in [6.45, 7) is 1.96. The summed E-state index contributed by atoms with van der Waals surface area (Å²) < 4.78 is 2.66. The first-order valence-electron chi connectivity index (χ1n) is 6.40. The van der Waals surface area contributed by atoms with Gasteiger partial charge < -0.3 is 10.6 Å². The Labute approximate surface area is 125 Å². The minimum Gasteiger partial charge on any atom is -0.397 e. The zero-order valence-corrected chi connectivity index (χ0v) is 12.8. The third kappa shape index (κ3) is 2.36. The van der Waals surface area contributed by atoms with Crippen LogP contribution in [0.1, 0.15) is 15.5 Å². The number of rotatable bonds is 2. The molecule has 0 atom stereocenters. The summed E-state index contributed by atoms with van der Waals surface area (Å²) in [7, 11) is 3.39. The minimum atomic E-state index is -0.141. The van der Waals surface area contributed by atoms with Crippen LogP contribution in [0, 0.1) is 6.92 Å². The van der Waals surface area contributed by atoms with Crippen LogP contribution in [0.25, 0.3) is 15.9 Å². The van der Waals surface area contributed by atoms with Crippen molar-refractivity contribution < 1.29 is 4.79 Å². The number of aryl methyl sites for hydroxylation is 1. The molecular weight excluding hydrogens is 286 g/mol. The van der Waals surface area contributed by atoms with E-state index in [4.69, 9.17) is 5.73 Å². The fourth-order valence-electron chi connectivity index (χ4n) is 2.09. The Balaban J connectivity index is 2.07. The van der Waals surface area contributed by atoms with Crippen LogP contribution in [-0.4, -0.2) is 39.7 Å². The van der Waals surface area contributed by atoms with Crippen molar-refractivity contribution in [2.24, 2.45) is 0 Å². The normalized spacial score (nSPS) is 11.0. The Bertz CT molecular complexity index is 833. The van der Waals surface area contributed by atoms with E-state index in [0.717, 1.165) is 20.9 Å². The average molecular weight is 301 g/mol. The maximum Gasteiger partial charge on any atom is 0.273 e. The predicted molar refractivity (Wildman–Crippen MR) is 83.9 cm³/mol. The quantitative estimate of drug-likeness (QED) is 0.735. The van der Waals surface area contributed by atoms with Crippen molar-refractivity contribution in [3.05, 3.63) is 35.1 Å². The topological polar surface area (TPSA) is 77.0 Å². The zero-order chi connectivity index (χ0) is 15.1. The molecule has 0 saturated heterocycles. The smallest absolute Gasteiger partial charge is 0.273 e. The van der Waals surface area contributed by atoms with Gasteiger partial charge in [-0.1, -0.05) is 0 Å². The summed E-state index contributed by atoms with van der Waals surface area (Å²) in [5.41, 5.74) is 8.70. The standard InChI is InChI=1S/C14H15N5OS/c1-8-16-11-7-12(9(15)6-13(11)21-8)19-5-4-10(17-19)14(20)18(2)3/h4-7H,15H2,1-3H3. The number of amides is 1. The second-order valence-electron chi connectivity index (χ2n) is 4.96. The number of thiazole rings is 1. The molecule has 3 rings (SSSR count). The first kappa shape index (κ1) is 13.6. The second kappa shape index (κ2) is 4.85. The highest BCUT2D eigenvalue weighted by Gasteiger charge is 2.14. The monoisotopic (exact) mass is 301 g/mol. The van der Waals surface area contributed by atoms with Crippen LogP contribution in [0.2, 0.25) is 0 Å². The van der Waals surface area contributed by atoms with Crippen LogP contribution in [0.5, 0.6) is 0 Å². The van der Waals surface area contributed by atoms with Gasteiger partial charge in [0.25, 0.3) is 5.91 Å². The molecule has 3 aromatic rings. The van der Waals surface area contributed by atoms with Crippen LogP contribution in [0.15, 0.2) is 24.4 Å². The molecule has 2 heterocycles. The highest BCUT2D eigenvalue weighted by molar-refractivity contribution is 7.18. The van der Waals surface area contributed by atoms with E-state index in [1.54, 1.807) is 42.4 Å². The molecule has 2 aromatic heterocycles. The van der Waals surface area contributed by atoms with Gasteiger partial charge in [-0.25, -0.2) is 9.67 Å². The van der Waals surface area contributed by atoms with Gasteiger partial charge in [0, 0.05) is 20.3 Å². The van der Waals surface area contributed by atoms with Gasteiger partial charge in [-0.15, -0.1) is 11.3 Å². The Morgan fingerprint density at radius 1 is 1.38 bits per heavy atom. The summed E-state index contributed by atoms with van der Waals surface area (Å²) in [5.74, 6) is -0.141. The number of benzene rings is 1. The van der Waals surface area contributed by atoms with Gasteiger partial charge in [0.2, 0.25) is 0 Å². The van der Waals surface area contributed by atoms with Gasteiger partial charge in [-0.2, -0.15) is 5.10 Å². The molecule has 7 heteroatoms. The van der Waals surface area contributed by atoms with Gasteiger partial charge in [0.05, 0.1) is 26.6 Å². The predicted octanol–water partition coefficient (Wildman–Crippen LogP) is 2.07. The molecule has 0 fully saturated rings. The number of carbonyl (C=O) groups excluding carboxylic acids is 1. The van der Waals surface area contributed by atoms with Crippen LogP contribution < -0.4 is 5.73 Å². The molecule has 0 saturated carbocycles. The summed E-state index contributed by atoms with van der Waals surface area (Å²) in [6.07, 6.45) is 1.73. The first-order valence-corrected chi connectivity index (χ1v) is 7.21. The van der Waals surface area contributed by atoms with Crippen molar-refractivity contribution in [1.29, 1.82) is 0 Å². The molecule has 0 aliphatic rings. The van der Waals surface area contributed by atoms with E-state index in [0.29, 0.717) is 11.4 Å². The number of aromatic nitrogens is 3. The maximum atomic E-state index is 11.9. The Morgan fingerprint density at radius 3 is 2.86 bits per heavy atom. The lowest BCUT2D eigenvalue weighted by atomic mass is 10.2. The molecule has 0 bridgehead atoms. The van der Waals surface area contributed by atoms with E-state index in [9.17, 15) is 4.79 Å². The van der Waals surface area contributed by atoms with Crippen LogP contribution in [0.4, 0.5) is 5.69 Å². The van der Waals surface area contributed by atoms with Crippen molar-refractivity contribution in [3.8, 4) is 5.69 Å². The third-order valence-corrected chi connectivity index (χ3v) is 4.04. The van der Waals surface area contributed by atoms with E-state index >= 15 is 0 Å². The molecule has 0 radical (unpaired) electrons. The molecule has 1 aromatic carbocycles. The van der Waals surface area contributed by atoms with Crippen molar-refractivity contribution in [2.45, 2.75) is 6.92 Å². The maximum absolute atomic E-state index is 11.9. The lowest BCUT2D eigenvalue weighted by molar-refractivity contribution is 0.0821. The molecule has 0 aliphatic carbocycles. The number of hydrogen-bond acceptors (Lipinski definition) is 5. The molecule has 1 amide bonds. The molecule has 0 unspecified atom stereocenters. The van der Waals surface area contributed by atoms with Crippen molar-refractivity contribution in [3.63, 3.8) is 0 Å². The number of nitrogens with zero attached hydrogens (tertiary/aromatic N) is 4. The van der Waals surface area contributed by atoms with Crippen LogP contribution in [0.3, 0.4) is 0 Å². The van der Waals surface area contributed by atoms with E-state index in [2.05, 4.69) is 10.1 Å². The zero-order valence-electron chi connectivity index (χ0n) is 12.0. The molecule has 0 spiro atoms. The van der Waals surface area contributed by atoms with Gasteiger partial charge in [-0.3, -0.25) is 4.79 Å². The number of nitrogens with two attached hydrogens (primary N) is 1. The van der Waals surface area contributed by atoms with Crippen LogP contribution in [-0.2, 0) is 0 Å². The third-order valence-electron chi connectivity index (χ3n) is 3.11. The van der Waals surface area contributed by atoms with E-state index in [-0.39, 0.29) is 5.91 Å². The fourth-order valence-corrected chi connectivity index (χ4v) is 2.95. The minimum absolute atomic E-state index is 0.141. The number of carbonyl (C=O) groups is 1. The molecule has 108 valence electrons. The summed E-state index contributed by atoms with van der Waals surface area (Å²) >= 11 is 1.60. The highest BCUT2D eigenvalue weighted by Crippen LogP contribution is 2.28. The van der Waals surface area contributed by atoms with Crippen LogP contribution >= 0.6 is 11.3 Å². The Morgan fingerprint density at radius 2 is 2.14 bits per heavy atom. The SMILES string of the molecule is Cc1nc2cc(-n3ccc(C(=O)N(C)C)n3)c(N)cc2s1. The molecule has 6 nitrogen and oxygen atoms in total. The number of anilines is 1.